The maximum absolute atomic E-state index is 11.9. The second kappa shape index (κ2) is 5.75. The van der Waals surface area contributed by atoms with Crippen molar-refractivity contribution in [3.8, 4) is 11.5 Å². The van der Waals surface area contributed by atoms with Gasteiger partial charge in [0.2, 0.25) is 0 Å². The Morgan fingerprint density at radius 3 is 2.67 bits per heavy atom. The molecule has 0 N–H and O–H groups in total. The van der Waals surface area contributed by atoms with Gasteiger partial charge < -0.3 is 9.47 Å². The summed E-state index contributed by atoms with van der Waals surface area (Å²) in [7, 11) is 1.49. The van der Waals surface area contributed by atoms with E-state index in [0.717, 1.165) is 0 Å². The van der Waals surface area contributed by atoms with Crippen molar-refractivity contribution >= 4 is 11.6 Å². The monoisotopic (exact) mass is 236 g/mol. The van der Waals surface area contributed by atoms with E-state index < -0.39 is 13.0 Å². The Bertz CT molecular complexity index is 318. The third-order valence-electron chi connectivity index (χ3n) is 1.78. The number of benzene rings is 1. The number of rotatable bonds is 5. The molecule has 0 amide bonds. The smallest absolute Gasteiger partial charge is 0.272 e. The Balaban J connectivity index is 2.81. The van der Waals surface area contributed by atoms with Gasteiger partial charge in [-0.1, -0.05) is 6.07 Å². The molecule has 0 spiro atoms. The molecule has 84 valence electrons. The van der Waals surface area contributed by atoms with E-state index in [0.29, 0.717) is 17.1 Å². The van der Waals surface area contributed by atoms with Gasteiger partial charge in [-0.2, -0.15) is 0 Å². The van der Waals surface area contributed by atoms with E-state index in [2.05, 4.69) is 0 Å². The quantitative estimate of drug-likeness (QED) is 0.732. The van der Waals surface area contributed by atoms with Gasteiger partial charge in [-0.25, -0.2) is 8.78 Å². The lowest BCUT2D eigenvalue weighted by atomic mass is 10.2. The molecule has 0 saturated carbocycles. The average Bonchev–Trinajstić information content (AvgIpc) is 2.25. The molecule has 1 rings (SSSR count). The summed E-state index contributed by atoms with van der Waals surface area (Å²) in [5.41, 5.74) is 0.665. The van der Waals surface area contributed by atoms with E-state index in [1.54, 1.807) is 18.2 Å². The molecule has 15 heavy (non-hydrogen) atoms. The lowest BCUT2D eigenvalue weighted by Crippen LogP contribution is -2.08. The molecule has 0 unspecified atom stereocenters. The maximum atomic E-state index is 11.9. The van der Waals surface area contributed by atoms with Crippen molar-refractivity contribution in [2.45, 2.75) is 12.3 Å². The summed E-state index contributed by atoms with van der Waals surface area (Å²) in [5.74, 6) is 1.10. The van der Waals surface area contributed by atoms with Crippen LogP contribution in [0.15, 0.2) is 18.2 Å². The first-order valence-corrected chi connectivity index (χ1v) is 4.84. The van der Waals surface area contributed by atoms with Crippen molar-refractivity contribution in [2.24, 2.45) is 0 Å². The van der Waals surface area contributed by atoms with Crippen LogP contribution in [-0.2, 0) is 5.88 Å². The molecular weight excluding hydrogens is 226 g/mol. The highest BCUT2D eigenvalue weighted by Crippen LogP contribution is 2.26. The minimum absolute atomic E-state index is 0.211. The molecule has 1 aromatic carbocycles. The third kappa shape index (κ3) is 3.55. The molecule has 0 aliphatic carbocycles. The van der Waals surface area contributed by atoms with Gasteiger partial charge in [-0.05, 0) is 6.07 Å². The second-order valence-electron chi connectivity index (χ2n) is 2.81. The van der Waals surface area contributed by atoms with Crippen LogP contribution in [-0.4, -0.2) is 20.1 Å². The van der Waals surface area contributed by atoms with E-state index in [1.165, 1.54) is 7.11 Å². The molecule has 0 atom stereocenters. The van der Waals surface area contributed by atoms with Crippen molar-refractivity contribution in [2.75, 3.05) is 13.7 Å². The highest BCUT2D eigenvalue weighted by Gasteiger charge is 2.08. The van der Waals surface area contributed by atoms with Gasteiger partial charge >= 0.3 is 0 Å². The lowest BCUT2D eigenvalue weighted by Gasteiger charge is -2.10. The standard InChI is InChI=1S/C10H11ClF2O2/c1-14-8-3-2-7(5-11)9(4-8)15-6-10(12)13/h2-4,10H,5-6H2,1H3. The molecule has 2 nitrogen and oxygen atoms in total. The molecule has 0 aliphatic heterocycles. The summed E-state index contributed by atoms with van der Waals surface area (Å²) in [6.07, 6.45) is -2.50. The van der Waals surface area contributed by atoms with Gasteiger partial charge in [0.1, 0.15) is 18.1 Å². The van der Waals surface area contributed by atoms with Crippen molar-refractivity contribution in [3.05, 3.63) is 23.8 Å². The van der Waals surface area contributed by atoms with Crippen molar-refractivity contribution in [3.63, 3.8) is 0 Å². The minimum Gasteiger partial charge on any atom is -0.497 e. The fraction of sp³-hybridized carbons (Fsp3) is 0.400. The van der Waals surface area contributed by atoms with Crippen LogP contribution in [0.3, 0.4) is 0 Å². The van der Waals surface area contributed by atoms with E-state index in [4.69, 9.17) is 21.1 Å². The number of methoxy groups -OCH3 is 1. The first kappa shape index (κ1) is 12.0. The first-order chi connectivity index (χ1) is 7.17. The average molecular weight is 237 g/mol. The van der Waals surface area contributed by atoms with Crippen molar-refractivity contribution in [1.82, 2.24) is 0 Å². The zero-order valence-electron chi connectivity index (χ0n) is 8.17. The molecular formula is C10H11ClF2O2. The Morgan fingerprint density at radius 2 is 2.13 bits per heavy atom. The predicted octanol–water partition coefficient (Wildman–Crippen LogP) is 3.08. The molecule has 0 aromatic heterocycles. The molecule has 0 bridgehead atoms. The zero-order chi connectivity index (χ0) is 11.3. The fourth-order valence-electron chi connectivity index (χ4n) is 1.06. The molecule has 0 aliphatic rings. The van der Waals surface area contributed by atoms with Gasteiger partial charge in [0.25, 0.3) is 6.43 Å². The first-order valence-electron chi connectivity index (χ1n) is 4.31. The number of halogens is 3. The Kier molecular flexibility index (Phi) is 4.62. The number of hydrogen-bond acceptors (Lipinski definition) is 2. The topological polar surface area (TPSA) is 18.5 Å². The second-order valence-corrected chi connectivity index (χ2v) is 3.08. The van der Waals surface area contributed by atoms with Crippen LogP contribution >= 0.6 is 11.6 Å². The van der Waals surface area contributed by atoms with Gasteiger partial charge in [-0.3, -0.25) is 0 Å². The van der Waals surface area contributed by atoms with Crippen LogP contribution in [0.25, 0.3) is 0 Å². The van der Waals surface area contributed by atoms with Gasteiger partial charge in [0.15, 0.2) is 0 Å². The summed E-state index contributed by atoms with van der Waals surface area (Å²) in [4.78, 5) is 0. The summed E-state index contributed by atoms with van der Waals surface area (Å²) >= 11 is 5.63. The van der Waals surface area contributed by atoms with Gasteiger partial charge in [-0.15, -0.1) is 11.6 Å². The minimum atomic E-state index is -2.50. The normalized spacial score (nSPS) is 10.5. The fourth-order valence-corrected chi connectivity index (χ4v) is 1.28. The molecule has 0 radical (unpaired) electrons. The van der Waals surface area contributed by atoms with E-state index in [-0.39, 0.29) is 5.88 Å². The Morgan fingerprint density at radius 1 is 1.40 bits per heavy atom. The molecule has 0 heterocycles. The third-order valence-corrected chi connectivity index (χ3v) is 2.07. The van der Waals surface area contributed by atoms with Crippen LogP contribution in [0.4, 0.5) is 8.78 Å². The number of ether oxygens (including phenoxy) is 2. The van der Waals surface area contributed by atoms with Gasteiger partial charge in [0, 0.05) is 11.6 Å². The predicted molar refractivity (Wildman–Crippen MR) is 54.1 cm³/mol. The molecule has 1 aromatic rings. The van der Waals surface area contributed by atoms with Crippen molar-refractivity contribution in [1.29, 1.82) is 0 Å². The Labute approximate surface area is 91.8 Å². The van der Waals surface area contributed by atoms with E-state index >= 15 is 0 Å². The molecule has 0 saturated heterocycles. The number of hydrogen-bond donors (Lipinski definition) is 0. The van der Waals surface area contributed by atoms with Gasteiger partial charge in [0.05, 0.1) is 13.0 Å². The SMILES string of the molecule is COc1ccc(CCl)c(OCC(F)F)c1. The van der Waals surface area contributed by atoms with Crippen LogP contribution in [0.5, 0.6) is 11.5 Å². The van der Waals surface area contributed by atoms with E-state index in [1.807, 2.05) is 0 Å². The highest BCUT2D eigenvalue weighted by atomic mass is 35.5. The summed E-state index contributed by atoms with van der Waals surface area (Å²) in [5, 5.41) is 0. The Hall–Kier alpha value is -1.03. The van der Waals surface area contributed by atoms with Crippen LogP contribution < -0.4 is 9.47 Å². The summed E-state index contributed by atoms with van der Waals surface area (Å²) in [6.45, 7) is -0.642. The van der Waals surface area contributed by atoms with E-state index in [9.17, 15) is 8.78 Å². The molecule has 0 fully saturated rings. The van der Waals surface area contributed by atoms with Crippen LogP contribution in [0.2, 0.25) is 0 Å². The zero-order valence-corrected chi connectivity index (χ0v) is 8.93. The largest absolute Gasteiger partial charge is 0.497 e. The molecule has 5 heteroatoms. The lowest BCUT2D eigenvalue weighted by molar-refractivity contribution is 0.0814. The maximum Gasteiger partial charge on any atom is 0.272 e. The van der Waals surface area contributed by atoms with Crippen molar-refractivity contribution < 1.29 is 18.3 Å². The number of alkyl halides is 3. The summed E-state index contributed by atoms with van der Waals surface area (Å²) in [6, 6.07) is 4.93. The summed E-state index contributed by atoms with van der Waals surface area (Å²) < 4.78 is 33.8. The van der Waals surface area contributed by atoms with Crippen LogP contribution in [0, 0.1) is 0 Å². The van der Waals surface area contributed by atoms with Crippen LogP contribution in [0.1, 0.15) is 5.56 Å². The highest BCUT2D eigenvalue weighted by molar-refractivity contribution is 6.17.